The number of rotatable bonds is 1. The van der Waals surface area contributed by atoms with Crippen molar-refractivity contribution in [1.82, 2.24) is 0 Å². The molecule has 0 rings (SSSR count). The molecular formula is C4H12NdO5. The van der Waals surface area contributed by atoms with Gasteiger partial charge in [0.1, 0.15) is 0 Å². The molecule has 6 heteroatoms. The van der Waals surface area contributed by atoms with E-state index in [2.05, 4.69) is 6.58 Å². The third-order valence-electron chi connectivity index (χ3n) is 0.365. The van der Waals surface area contributed by atoms with Gasteiger partial charge in [0.15, 0.2) is 0 Å². The van der Waals surface area contributed by atoms with Gasteiger partial charge in [0.05, 0.1) is 0 Å². The molecule has 0 amide bonds. The Morgan fingerprint density at radius 2 is 1.40 bits per heavy atom. The van der Waals surface area contributed by atoms with E-state index in [1.54, 1.807) is 0 Å². The zero-order valence-electron chi connectivity index (χ0n) is 5.56. The maximum atomic E-state index is 9.60. The Kier molecular flexibility index (Phi) is 51.0. The summed E-state index contributed by atoms with van der Waals surface area (Å²) in [6.07, 6.45) is 0. The maximum Gasteiger partial charge on any atom is 0.330 e. The Balaban J connectivity index is -0.0000000208. The first kappa shape index (κ1) is 31.4. The van der Waals surface area contributed by atoms with E-state index in [1.807, 2.05) is 0 Å². The van der Waals surface area contributed by atoms with Gasteiger partial charge in [-0.25, -0.2) is 4.79 Å². The SMILES string of the molecule is C=C(C)C(=O)O.O.O.O.[Nd]. The molecule has 0 atom stereocenters. The number of hydrogen-bond acceptors (Lipinski definition) is 1. The smallest absolute Gasteiger partial charge is 0.330 e. The van der Waals surface area contributed by atoms with Crippen LogP contribution in [0.25, 0.3) is 0 Å². The quantitative estimate of drug-likeness (QED) is 0.568. The summed E-state index contributed by atoms with van der Waals surface area (Å²) in [6, 6.07) is 0. The molecule has 10 heavy (non-hydrogen) atoms. The van der Waals surface area contributed by atoms with Gasteiger partial charge in [0.2, 0.25) is 0 Å². The van der Waals surface area contributed by atoms with Crippen LogP contribution in [-0.2, 0) is 4.79 Å². The van der Waals surface area contributed by atoms with Gasteiger partial charge in [0.25, 0.3) is 0 Å². The predicted octanol–water partition coefficient (Wildman–Crippen LogP) is -1.83. The summed E-state index contributed by atoms with van der Waals surface area (Å²) in [4.78, 5) is 9.60. The molecule has 0 saturated carbocycles. The number of carboxylic acid groups (broad SMARTS) is 1. The second kappa shape index (κ2) is 16.2. The number of carboxylic acids is 1. The van der Waals surface area contributed by atoms with Crippen molar-refractivity contribution < 1.29 is 67.2 Å². The van der Waals surface area contributed by atoms with Crippen LogP contribution >= 0.6 is 0 Å². The van der Waals surface area contributed by atoms with Crippen LogP contribution in [0.5, 0.6) is 0 Å². The molecule has 0 aromatic heterocycles. The molecule has 62 valence electrons. The van der Waals surface area contributed by atoms with Crippen LogP contribution in [0.4, 0.5) is 0 Å². The standard InChI is InChI=1S/C4H6O2.Nd.3H2O/c1-3(2)4(5)6;;;;/h1H2,2H3,(H,5,6);;3*1H2. The molecule has 0 heterocycles. The Labute approximate surface area is 91.6 Å². The first-order valence-electron chi connectivity index (χ1n) is 1.53. The molecule has 0 bridgehead atoms. The van der Waals surface area contributed by atoms with Gasteiger partial charge in [-0.2, -0.15) is 0 Å². The van der Waals surface area contributed by atoms with Crippen LogP contribution < -0.4 is 0 Å². The molecule has 5 nitrogen and oxygen atoms in total. The van der Waals surface area contributed by atoms with Crippen molar-refractivity contribution in [2.45, 2.75) is 6.92 Å². The van der Waals surface area contributed by atoms with E-state index in [9.17, 15) is 4.79 Å². The Hall–Kier alpha value is 0.441. The van der Waals surface area contributed by atoms with Gasteiger partial charge < -0.3 is 21.5 Å². The molecule has 0 aromatic carbocycles. The molecule has 0 saturated heterocycles. The predicted molar refractivity (Wildman–Crippen MR) is 33.3 cm³/mol. The van der Waals surface area contributed by atoms with Crippen molar-refractivity contribution in [1.29, 1.82) is 0 Å². The fraction of sp³-hybridized carbons (Fsp3) is 0.250. The van der Waals surface area contributed by atoms with Crippen LogP contribution in [0.3, 0.4) is 0 Å². The number of hydrogen-bond donors (Lipinski definition) is 1. The third-order valence-corrected chi connectivity index (χ3v) is 0.365. The number of carbonyl (C=O) groups is 1. The van der Waals surface area contributed by atoms with E-state index < -0.39 is 5.97 Å². The summed E-state index contributed by atoms with van der Waals surface area (Å²) >= 11 is 0. The van der Waals surface area contributed by atoms with E-state index in [1.165, 1.54) is 6.92 Å². The van der Waals surface area contributed by atoms with E-state index in [4.69, 9.17) is 5.11 Å². The van der Waals surface area contributed by atoms with Crippen LogP contribution in [-0.4, -0.2) is 27.5 Å². The minimum absolute atomic E-state index is 0. The van der Waals surface area contributed by atoms with Crippen molar-refractivity contribution >= 4 is 5.97 Å². The molecule has 0 unspecified atom stereocenters. The Bertz CT molecular complexity index is 79.6. The first-order valence-corrected chi connectivity index (χ1v) is 1.53. The second-order valence-electron chi connectivity index (χ2n) is 1.09. The first-order chi connectivity index (χ1) is 2.64. The monoisotopic (exact) mass is 282 g/mol. The minimum Gasteiger partial charge on any atom is -0.478 e. The van der Waals surface area contributed by atoms with Crippen molar-refractivity contribution in [2.24, 2.45) is 0 Å². The van der Waals surface area contributed by atoms with Gasteiger partial charge in [-0.15, -0.1) is 0 Å². The van der Waals surface area contributed by atoms with Crippen molar-refractivity contribution in [3.8, 4) is 0 Å². The summed E-state index contributed by atoms with van der Waals surface area (Å²) < 4.78 is 0. The van der Waals surface area contributed by atoms with Gasteiger partial charge >= 0.3 is 5.97 Å². The molecule has 0 aromatic rings. The summed E-state index contributed by atoms with van der Waals surface area (Å²) in [5.41, 5.74) is 0.176. The summed E-state index contributed by atoms with van der Waals surface area (Å²) in [6.45, 7) is 4.60. The van der Waals surface area contributed by atoms with Crippen molar-refractivity contribution in [3.05, 3.63) is 12.2 Å². The van der Waals surface area contributed by atoms with Gasteiger partial charge in [-0.05, 0) is 6.92 Å². The van der Waals surface area contributed by atoms with Crippen LogP contribution in [0.15, 0.2) is 12.2 Å². The maximum absolute atomic E-state index is 9.60. The molecule has 0 aliphatic heterocycles. The van der Waals surface area contributed by atoms with Crippen LogP contribution in [0.2, 0.25) is 0 Å². The van der Waals surface area contributed by atoms with Gasteiger partial charge in [0, 0.05) is 46.4 Å². The fourth-order valence-corrected chi connectivity index (χ4v) is 0. The second-order valence-corrected chi connectivity index (χ2v) is 1.09. The normalized spacial score (nSPS) is 4.50. The fourth-order valence-electron chi connectivity index (χ4n) is 0. The third kappa shape index (κ3) is 23.7. The molecule has 0 spiro atoms. The summed E-state index contributed by atoms with van der Waals surface area (Å²) in [5.74, 6) is -0.935. The van der Waals surface area contributed by atoms with E-state index in [0.717, 1.165) is 0 Å². The average molecular weight is 284 g/mol. The average Bonchev–Trinajstić information content (AvgIpc) is 1.36. The van der Waals surface area contributed by atoms with Crippen molar-refractivity contribution in [3.63, 3.8) is 0 Å². The van der Waals surface area contributed by atoms with Gasteiger partial charge in [-0.1, -0.05) is 6.58 Å². The van der Waals surface area contributed by atoms with Crippen molar-refractivity contribution in [2.75, 3.05) is 0 Å². The molecule has 0 fully saturated rings. The van der Waals surface area contributed by atoms with E-state index >= 15 is 0 Å². The molecule has 0 radical (unpaired) electrons. The van der Waals surface area contributed by atoms with E-state index in [0.29, 0.717) is 0 Å². The zero-order chi connectivity index (χ0) is 5.15. The molecule has 0 aliphatic rings. The molecule has 0 aliphatic carbocycles. The molecule has 7 N–H and O–H groups in total. The summed E-state index contributed by atoms with van der Waals surface area (Å²) in [7, 11) is 0. The minimum atomic E-state index is -0.935. The largest absolute Gasteiger partial charge is 0.478 e. The van der Waals surface area contributed by atoms with Crippen LogP contribution in [0.1, 0.15) is 6.92 Å². The topological polar surface area (TPSA) is 132 Å². The summed E-state index contributed by atoms with van der Waals surface area (Å²) in [5, 5.41) is 7.89. The Morgan fingerprint density at radius 3 is 1.40 bits per heavy atom. The Morgan fingerprint density at radius 1 is 1.30 bits per heavy atom. The van der Waals surface area contributed by atoms with E-state index in [-0.39, 0.29) is 62.8 Å². The van der Waals surface area contributed by atoms with Crippen LogP contribution in [0, 0.1) is 40.8 Å². The molecular weight excluding hydrogens is 272 g/mol. The van der Waals surface area contributed by atoms with Gasteiger partial charge in [-0.3, -0.25) is 0 Å². The number of aliphatic carboxylic acids is 1. The zero-order valence-corrected chi connectivity index (χ0v) is 8.77.